The van der Waals surface area contributed by atoms with E-state index in [0.29, 0.717) is 49.7 Å². The van der Waals surface area contributed by atoms with Crippen molar-refractivity contribution in [2.45, 2.75) is 15.1 Å². The van der Waals surface area contributed by atoms with Gasteiger partial charge in [-0.15, -0.1) is 0 Å². The number of nitriles is 1. The molecule has 1 N–H and O–H groups in total. The number of anilines is 2. The SMILES string of the molecule is N#Cc1c(Nc2cccc(F)c2)nc(SCC(=O)N2CCN(CCOc3no[n+]([O-])c3S(=O)(=O)c3ccccc3)CC2)nc1-c1ccccc1. The normalized spacial score (nSPS) is 13.5. The number of halogens is 1. The standard InChI is InChI=1S/C33H29FN8O6S2/c34-24-10-7-11-25(20-24)36-30-27(21-35)29(23-8-3-1-4-9-23)37-33(38-30)49-22-28(43)41-16-14-40(15-17-41)18-19-47-31-32(42(44)48-39-31)50(45,46)26-12-5-2-6-13-26/h1-13,20H,14-19,22H2,(H,36,37,38). The van der Waals surface area contributed by atoms with E-state index < -0.39 is 26.6 Å². The molecule has 3 heterocycles. The Labute approximate surface area is 290 Å². The summed E-state index contributed by atoms with van der Waals surface area (Å²) in [5, 5.41) is 28.2. The van der Waals surface area contributed by atoms with Gasteiger partial charge >= 0.3 is 10.9 Å². The molecular weight excluding hydrogens is 688 g/mol. The van der Waals surface area contributed by atoms with Gasteiger partial charge in [0, 0.05) is 44.0 Å². The van der Waals surface area contributed by atoms with Crippen LogP contribution in [0.2, 0.25) is 0 Å². The van der Waals surface area contributed by atoms with Crippen molar-refractivity contribution in [2.24, 2.45) is 0 Å². The van der Waals surface area contributed by atoms with Crippen LogP contribution in [0, 0.1) is 22.4 Å². The molecule has 5 aromatic rings. The van der Waals surface area contributed by atoms with Crippen LogP contribution in [0.25, 0.3) is 11.3 Å². The Morgan fingerprint density at radius 1 is 1.04 bits per heavy atom. The van der Waals surface area contributed by atoms with Crippen molar-refractivity contribution in [3.8, 4) is 23.2 Å². The minimum Gasteiger partial charge on any atom is -0.453 e. The predicted molar refractivity (Wildman–Crippen MR) is 178 cm³/mol. The maximum Gasteiger partial charge on any atom is 0.415 e. The van der Waals surface area contributed by atoms with E-state index in [4.69, 9.17) is 4.74 Å². The van der Waals surface area contributed by atoms with Gasteiger partial charge in [0.2, 0.25) is 5.91 Å². The Hall–Kier alpha value is -5.57. The van der Waals surface area contributed by atoms with Gasteiger partial charge in [0.15, 0.2) is 11.0 Å². The summed E-state index contributed by atoms with van der Waals surface area (Å²) in [6.45, 7) is 2.35. The first kappa shape index (κ1) is 34.3. The summed E-state index contributed by atoms with van der Waals surface area (Å²) in [5.74, 6) is -0.766. The number of nitrogens with one attached hydrogen (secondary N) is 1. The van der Waals surface area contributed by atoms with E-state index in [1.807, 2.05) is 35.2 Å². The third-order valence-corrected chi connectivity index (χ3v) is 10.2. The second-order valence-corrected chi connectivity index (χ2v) is 13.7. The lowest BCUT2D eigenvalue weighted by molar-refractivity contribution is -0.832. The van der Waals surface area contributed by atoms with E-state index in [0.717, 1.165) is 11.8 Å². The monoisotopic (exact) mass is 716 g/mol. The van der Waals surface area contributed by atoms with Crippen molar-refractivity contribution in [1.29, 1.82) is 5.26 Å². The number of hydrogen-bond donors (Lipinski definition) is 1. The van der Waals surface area contributed by atoms with Crippen LogP contribution in [0.3, 0.4) is 0 Å². The number of benzene rings is 3. The first-order valence-corrected chi connectivity index (χ1v) is 17.8. The van der Waals surface area contributed by atoms with Crippen molar-refractivity contribution in [3.63, 3.8) is 0 Å². The lowest BCUT2D eigenvalue weighted by atomic mass is 10.1. The molecule has 0 saturated carbocycles. The fraction of sp³-hybridized carbons (Fsp3) is 0.212. The molecule has 50 heavy (non-hydrogen) atoms. The molecule has 1 aliphatic rings. The molecule has 0 atom stereocenters. The molecule has 0 unspecified atom stereocenters. The van der Waals surface area contributed by atoms with Gasteiger partial charge in [-0.2, -0.15) is 5.26 Å². The highest BCUT2D eigenvalue weighted by atomic mass is 32.2. The molecule has 0 spiro atoms. The molecule has 1 amide bonds. The van der Waals surface area contributed by atoms with Crippen LogP contribution in [0.5, 0.6) is 5.88 Å². The van der Waals surface area contributed by atoms with Gasteiger partial charge in [0.05, 0.1) is 21.5 Å². The van der Waals surface area contributed by atoms with E-state index >= 15 is 0 Å². The lowest BCUT2D eigenvalue weighted by Crippen LogP contribution is -2.50. The fourth-order valence-corrected chi connectivity index (χ4v) is 7.20. The Bertz CT molecular complexity index is 2120. The van der Waals surface area contributed by atoms with E-state index in [9.17, 15) is 28.1 Å². The number of rotatable bonds is 12. The van der Waals surface area contributed by atoms with Gasteiger partial charge in [-0.3, -0.25) is 14.3 Å². The summed E-state index contributed by atoms with van der Waals surface area (Å²) in [6, 6.07) is 24.5. The third-order valence-electron chi connectivity index (χ3n) is 7.69. The minimum absolute atomic E-state index is 0.0272. The molecular formula is C33H29FN8O6S2. The van der Waals surface area contributed by atoms with Crippen LogP contribution in [-0.4, -0.2) is 84.3 Å². The number of carbonyl (C=O) groups is 1. The summed E-state index contributed by atoms with van der Waals surface area (Å²) >= 11 is 1.13. The number of carbonyl (C=O) groups excluding carboxylic acids is 1. The maximum absolute atomic E-state index is 13.9. The average molecular weight is 717 g/mol. The van der Waals surface area contributed by atoms with Crippen molar-refractivity contribution in [3.05, 3.63) is 102 Å². The van der Waals surface area contributed by atoms with Gasteiger partial charge < -0.3 is 20.2 Å². The molecule has 0 bridgehead atoms. The maximum atomic E-state index is 13.9. The number of piperazine rings is 1. The van der Waals surface area contributed by atoms with Gasteiger partial charge in [-0.25, -0.2) is 22.8 Å². The van der Waals surface area contributed by atoms with E-state index in [-0.39, 0.29) is 44.6 Å². The van der Waals surface area contributed by atoms with Crippen molar-refractivity contribution in [1.82, 2.24) is 24.9 Å². The largest absolute Gasteiger partial charge is 0.453 e. The van der Waals surface area contributed by atoms with Crippen LogP contribution >= 0.6 is 11.8 Å². The predicted octanol–water partition coefficient (Wildman–Crippen LogP) is 3.67. The highest BCUT2D eigenvalue weighted by Gasteiger charge is 2.36. The average Bonchev–Trinajstić information content (AvgIpc) is 3.52. The van der Waals surface area contributed by atoms with Crippen LogP contribution < -0.4 is 15.0 Å². The Morgan fingerprint density at radius 2 is 1.76 bits per heavy atom. The Balaban J connectivity index is 1.05. The molecule has 14 nitrogen and oxygen atoms in total. The second-order valence-electron chi connectivity index (χ2n) is 10.9. The topological polar surface area (TPSA) is 181 Å². The summed E-state index contributed by atoms with van der Waals surface area (Å²) < 4.78 is 49.9. The van der Waals surface area contributed by atoms with Gasteiger partial charge in [0.1, 0.15) is 24.1 Å². The highest BCUT2D eigenvalue weighted by molar-refractivity contribution is 7.99. The fourth-order valence-electron chi connectivity index (χ4n) is 5.16. The van der Waals surface area contributed by atoms with Crippen molar-refractivity contribution >= 4 is 39.0 Å². The number of ether oxygens (including phenoxy) is 1. The molecule has 1 aliphatic heterocycles. The number of thioether (sulfide) groups is 1. The van der Waals surface area contributed by atoms with Crippen molar-refractivity contribution < 1.29 is 31.9 Å². The summed E-state index contributed by atoms with van der Waals surface area (Å²) in [6.07, 6.45) is 0. The zero-order valence-electron chi connectivity index (χ0n) is 26.3. The molecule has 1 fully saturated rings. The zero-order chi connectivity index (χ0) is 35.1. The number of sulfone groups is 1. The molecule has 0 radical (unpaired) electrons. The Morgan fingerprint density at radius 3 is 2.46 bits per heavy atom. The molecule has 6 rings (SSSR count). The number of aromatic nitrogens is 4. The van der Waals surface area contributed by atoms with Crippen LogP contribution in [0.1, 0.15) is 5.56 Å². The first-order valence-electron chi connectivity index (χ1n) is 15.3. The number of nitrogens with zero attached hydrogens (tertiary/aromatic N) is 7. The van der Waals surface area contributed by atoms with E-state index in [1.54, 1.807) is 23.1 Å². The van der Waals surface area contributed by atoms with Crippen LogP contribution in [-0.2, 0) is 14.6 Å². The summed E-state index contributed by atoms with van der Waals surface area (Å²) in [7, 11) is -4.22. The number of amides is 1. The second kappa shape index (κ2) is 15.3. The van der Waals surface area contributed by atoms with Crippen LogP contribution in [0.15, 0.2) is 105 Å². The molecule has 0 aliphatic carbocycles. The van der Waals surface area contributed by atoms with Gasteiger partial charge in [-0.1, -0.05) is 66.4 Å². The summed E-state index contributed by atoms with van der Waals surface area (Å²) in [5.41, 5.74) is 1.66. The molecule has 3 aromatic carbocycles. The zero-order valence-corrected chi connectivity index (χ0v) is 27.9. The summed E-state index contributed by atoms with van der Waals surface area (Å²) in [4.78, 5) is 25.8. The Kier molecular flexibility index (Phi) is 10.5. The first-order chi connectivity index (χ1) is 24.2. The van der Waals surface area contributed by atoms with E-state index in [2.05, 4.69) is 31.1 Å². The smallest absolute Gasteiger partial charge is 0.415 e. The third kappa shape index (κ3) is 7.83. The van der Waals surface area contributed by atoms with E-state index in [1.165, 1.54) is 36.4 Å². The molecule has 1 saturated heterocycles. The molecule has 2 aromatic heterocycles. The minimum atomic E-state index is -4.22. The van der Waals surface area contributed by atoms with Crippen LogP contribution in [0.4, 0.5) is 15.9 Å². The quantitative estimate of drug-likeness (QED) is 0.112. The molecule has 17 heteroatoms. The highest BCUT2D eigenvalue weighted by Crippen LogP contribution is 2.31. The number of hydrogen-bond acceptors (Lipinski definition) is 13. The van der Waals surface area contributed by atoms with Gasteiger partial charge in [0.25, 0.3) is 9.84 Å². The lowest BCUT2D eigenvalue weighted by Gasteiger charge is -2.34. The van der Waals surface area contributed by atoms with Crippen molar-refractivity contribution in [2.75, 3.05) is 50.4 Å². The molecule has 256 valence electrons. The van der Waals surface area contributed by atoms with Gasteiger partial charge in [-0.05, 0) is 35.2 Å².